The topological polar surface area (TPSA) is 67.1 Å². The Kier molecular flexibility index (Phi) is 5.50. The number of hydrazine groups is 1. The Balaban J connectivity index is 2.36. The lowest BCUT2D eigenvalue weighted by molar-refractivity contribution is 0.260. The van der Waals surface area contributed by atoms with E-state index < -0.39 is 0 Å². The second-order valence-electron chi connectivity index (χ2n) is 5.37. The number of anilines is 1. The van der Waals surface area contributed by atoms with Gasteiger partial charge in [-0.15, -0.1) is 11.3 Å². The van der Waals surface area contributed by atoms with Gasteiger partial charge >= 0.3 is 0 Å². The molecule has 0 amide bonds. The van der Waals surface area contributed by atoms with E-state index in [4.69, 9.17) is 10.8 Å². The molecule has 2 aromatic heterocycles. The Bertz CT molecular complexity index is 602. The van der Waals surface area contributed by atoms with Gasteiger partial charge in [0.2, 0.25) is 0 Å². The molecule has 5 nitrogen and oxygen atoms in total. The van der Waals surface area contributed by atoms with Crippen LogP contribution >= 0.6 is 11.3 Å². The third kappa shape index (κ3) is 3.51. The van der Waals surface area contributed by atoms with Gasteiger partial charge in [-0.25, -0.2) is 15.8 Å². The molecule has 2 rings (SSSR count). The van der Waals surface area contributed by atoms with Crippen molar-refractivity contribution in [2.45, 2.75) is 47.1 Å². The molecule has 2 heterocycles. The fourth-order valence-electron chi connectivity index (χ4n) is 2.57. The third-order valence-electron chi connectivity index (χ3n) is 3.66. The zero-order chi connectivity index (χ0) is 15.4. The van der Waals surface area contributed by atoms with Crippen LogP contribution in [-0.4, -0.2) is 28.0 Å². The van der Waals surface area contributed by atoms with Gasteiger partial charge in [-0.1, -0.05) is 13.8 Å². The van der Waals surface area contributed by atoms with Gasteiger partial charge in [0.25, 0.3) is 0 Å². The molecule has 0 spiro atoms. The highest BCUT2D eigenvalue weighted by molar-refractivity contribution is 7.18. The van der Waals surface area contributed by atoms with Gasteiger partial charge in [0, 0.05) is 4.88 Å². The lowest BCUT2D eigenvalue weighted by Gasteiger charge is -2.20. The molecule has 0 saturated heterocycles. The van der Waals surface area contributed by atoms with Crippen molar-refractivity contribution in [3.05, 3.63) is 16.3 Å². The Morgan fingerprint density at radius 2 is 1.81 bits per heavy atom. The van der Waals surface area contributed by atoms with Crippen molar-refractivity contribution in [1.29, 1.82) is 0 Å². The quantitative estimate of drug-likeness (QED) is 0.607. The minimum atomic E-state index is 0.741. The molecule has 116 valence electrons. The number of nitrogens with two attached hydrogens (primary N) is 1. The first kappa shape index (κ1) is 16.1. The molecule has 0 aliphatic heterocycles. The summed E-state index contributed by atoms with van der Waals surface area (Å²) >= 11 is 1.71. The van der Waals surface area contributed by atoms with E-state index in [1.54, 1.807) is 11.3 Å². The number of hydrogen-bond donors (Lipinski definition) is 2. The maximum atomic E-state index is 5.66. The second kappa shape index (κ2) is 7.15. The summed E-state index contributed by atoms with van der Waals surface area (Å²) in [6.07, 6.45) is 2.28. The highest BCUT2D eigenvalue weighted by Crippen LogP contribution is 2.32. The zero-order valence-electron chi connectivity index (χ0n) is 13.4. The van der Waals surface area contributed by atoms with Crippen molar-refractivity contribution < 1.29 is 0 Å². The molecular weight excluding hydrogens is 282 g/mol. The molecule has 21 heavy (non-hydrogen) atoms. The van der Waals surface area contributed by atoms with Crippen LogP contribution in [0.1, 0.15) is 43.0 Å². The minimum Gasteiger partial charge on any atom is -0.308 e. The van der Waals surface area contributed by atoms with Crippen molar-refractivity contribution in [1.82, 2.24) is 14.9 Å². The van der Waals surface area contributed by atoms with E-state index in [-0.39, 0.29) is 0 Å². The standard InChI is InChI=1S/C15H25N5S/c1-5-7-20(8-6-2)9-12-17-14(19-16)13-10(3)11(4)21-15(13)18-12/h5-9,16H2,1-4H3,(H,17,18,19). The third-order valence-corrected chi connectivity index (χ3v) is 4.76. The summed E-state index contributed by atoms with van der Waals surface area (Å²) < 4.78 is 0. The van der Waals surface area contributed by atoms with Crippen LogP contribution in [0.15, 0.2) is 0 Å². The maximum absolute atomic E-state index is 5.66. The summed E-state index contributed by atoms with van der Waals surface area (Å²) in [5.74, 6) is 7.25. The molecule has 0 unspecified atom stereocenters. The van der Waals surface area contributed by atoms with Gasteiger partial charge in [-0.05, 0) is 45.3 Å². The van der Waals surface area contributed by atoms with Crippen LogP contribution < -0.4 is 11.3 Å². The fraction of sp³-hybridized carbons (Fsp3) is 0.600. The number of hydrogen-bond acceptors (Lipinski definition) is 6. The van der Waals surface area contributed by atoms with Crippen molar-refractivity contribution in [2.75, 3.05) is 18.5 Å². The molecule has 3 N–H and O–H groups in total. The smallest absolute Gasteiger partial charge is 0.152 e. The summed E-state index contributed by atoms with van der Waals surface area (Å²) in [7, 11) is 0. The average molecular weight is 307 g/mol. The van der Waals surface area contributed by atoms with Crippen LogP contribution in [0.4, 0.5) is 5.82 Å². The first-order valence-corrected chi connectivity index (χ1v) is 8.37. The van der Waals surface area contributed by atoms with Crippen LogP contribution in [0.2, 0.25) is 0 Å². The maximum Gasteiger partial charge on any atom is 0.152 e. The number of rotatable bonds is 7. The predicted molar refractivity (Wildman–Crippen MR) is 90.6 cm³/mol. The van der Waals surface area contributed by atoms with Crippen LogP contribution in [0.25, 0.3) is 10.2 Å². The Labute approximate surface area is 130 Å². The Morgan fingerprint density at radius 3 is 2.38 bits per heavy atom. The van der Waals surface area contributed by atoms with Gasteiger partial charge in [-0.3, -0.25) is 4.90 Å². The monoisotopic (exact) mass is 307 g/mol. The number of aryl methyl sites for hydroxylation is 2. The average Bonchev–Trinajstić information content (AvgIpc) is 2.74. The van der Waals surface area contributed by atoms with Gasteiger partial charge in [0.1, 0.15) is 10.7 Å². The van der Waals surface area contributed by atoms with Gasteiger partial charge < -0.3 is 5.43 Å². The summed E-state index contributed by atoms with van der Waals surface area (Å²) in [5, 5.41) is 1.06. The second-order valence-corrected chi connectivity index (χ2v) is 6.58. The molecule has 0 aromatic carbocycles. The van der Waals surface area contributed by atoms with Crippen LogP contribution in [-0.2, 0) is 6.54 Å². The normalized spacial score (nSPS) is 11.5. The van der Waals surface area contributed by atoms with Crippen molar-refractivity contribution in [3.63, 3.8) is 0 Å². The molecule has 0 fully saturated rings. The molecule has 0 aliphatic carbocycles. The van der Waals surface area contributed by atoms with Crippen molar-refractivity contribution >= 4 is 27.4 Å². The minimum absolute atomic E-state index is 0.741. The summed E-state index contributed by atoms with van der Waals surface area (Å²) in [4.78, 5) is 14.0. The largest absolute Gasteiger partial charge is 0.308 e. The summed E-state index contributed by atoms with van der Waals surface area (Å²) in [6, 6.07) is 0. The van der Waals surface area contributed by atoms with E-state index in [0.29, 0.717) is 0 Å². The predicted octanol–water partition coefficient (Wildman–Crippen LogP) is 3.22. The van der Waals surface area contributed by atoms with Gasteiger partial charge in [0.15, 0.2) is 5.82 Å². The van der Waals surface area contributed by atoms with Gasteiger partial charge in [-0.2, -0.15) is 0 Å². The SMILES string of the molecule is CCCN(CCC)Cc1nc(NN)c2c(C)c(C)sc2n1. The molecule has 0 atom stereocenters. The lowest BCUT2D eigenvalue weighted by atomic mass is 10.2. The molecule has 0 bridgehead atoms. The number of nitrogen functional groups attached to an aromatic ring is 1. The lowest BCUT2D eigenvalue weighted by Crippen LogP contribution is -2.26. The zero-order valence-corrected chi connectivity index (χ0v) is 14.2. The Hall–Kier alpha value is -1.24. The fourth-order valence-corrected chi connectivity index (χ4v) is 3.62. The number of nitrogens with one attached hydrogen (secondary N) is 1. The highest BCUT2D eigenvalue weighted by atomic mass is 32.1. The molecule has 0 aliphatic rings. The molecular formula is C15H25N5S. The van der Waals surface area contributed by atoms with Crippen LogP contribution in [0, 0.1) is 13.8 Å². The number of thiophene rings is 1. The van der Waals surface area contributed by atoms with Crippen molar-refractivity contribution in [3.8, 4) is 0 Å². The van der Waals surface area contributed by atoms with E-state index in [9.17, 15) is 0 Å². The van der Waals surface area contributed by atoms with E-state index >= 15 is 0 Å². The molecule has 2 aromatic rings. The molecule has 6 heteroatoms. The first-order valence-electron chi connectivity index (χ1n) is 7.56. The number of fused-ring (bicyclic) bond motifs is 1. The summed E-state index contributed by atoms with van der Waals surface area (Å²) in [5.41, 5.74) is 3.95. The summed E-state index contributed by atoms with van der Waals surface area (Å²) in [6.45, 7) is 11.5. The van der Waals surface area contributed by atoms with Crippen molar-refractivity contribution in [2.24, 2.45) is 5.84 Å². The number of aromatic nitrogens is 2. The first-order chi connectivity index (χ1) is 10.1. The van der Waals surface area contributed by atoms with Gasteiger partial charge in [0.05, 0.1) is 11.9 Å². The van der Waals surface area contributed by atoms with E-state index in [1.807, 2.05) is 0 Å². The highest BCUT2D eigenvalue weighted by Gasteiger charge is 2.15. The Morgan fingerprint density at radius 1 is 1.14 bits per heavy atom. The van der Waals surface area contributed by atoms with Crippen LogP contribution in [0.3, 0.4) is 0 Å². The molecule has 0 radical (unpaired) electrons. The number of nitrogens with zero attached hydrogens (tertiary/aromatic N) is 3. The van der Waals surface area contributed by atoms with Crippen LogP contribution in [0.5, 0.6) is 0 Å². The van der Waals surface area contributed by atoms with E-state index in [1.165, 1.54) is 10.4 Å². The molecule has 0 saturated carbocycles. The van der Waals surface area contributed by atoms with E-state index in [0.717, 1.165) is 54.3 Å². The van der Waals surface area contributed by atoms with E-state index in [2.05, 4.69) is 43.0 Å².